The van der Waals surface area contributed by atoms with E-state index >= 15 is 0 Å². The highest BCUT2D eigenvalue weighted by atomic mass is 16.5. The number of carboxylic acid groups (broad SMARTS) is 1. The van der Waals surface area contributed by atoms with Crippen molar-refractivity contribution in [1.29, 1.82) is 0 Å². The third-order valence-electron chi connectivity index (χ3n) is 4.52. The lowest BCUT2D eigenvalue weighted by atomic mass is 10.0. The molecule has 0 aliphatic carbocycles. The number of aliphatic carboxylic acids is 1. The van der Waals surface area contributed by atoms with Crippen molar-refractivity contribution in [3.63, 3.8) is 0 Å². The van der Waals surface area contributed by atoms with Gasteiger partial charge in [0.15, 0.2) is 0 Å². The van der Waals surface area contributed by atoms with Gasteiger partial charge in [-0.3, -0.25) is 0 Å². The summed E-state index contributed by atoms with van der Waals surface area (Å²) in [5, 5.41) is 17.4. The fourth-order valence-electron chi connectivity index (χ4n) is 2.89. The number of carbonyl (C=O) groups excluding carboxylic acids is 2. The Labute approximate surface area is 188 Å². The van der Waals surface area contributed by atoms with Gasteiger partial charge < -0.3 is 25.8 Å². The minimum Gasteiger partial charge on any atom is -0.480 e. The van der Waals surface area contributed by atoms with Crippen molar-refractivity contribution < 1.29 is 24.2 Å². The molecule has 0 aliphatic rings. The van der Waals surface area contributed by atoms with Crippen LogP contribution in [0.1, 0.15) is 32.8 Å². The van der Waals surface area contributed by atoms with Crippen LogP contribution in [0.15, 0.2) is 48.5 Å². The van der Waals surface area contributed by atoms with Crippen molar-refractivity contribution in [1.82, 2.24) is 10.6 Å². The monoisotopic (exact) mass is 441 g/mol. The molecule has 2 aromatic rings. The van der Waals surface area contributed by atoms with Crippen LogP contribution in [-0.4, -0.2) is 42.4 Å². The average Bonchev–Trinajstić information content (AvgIpc) is 2.76. The molecular weight excluding hydrogens is 410 g/mol. The molecule has 172 valence electrons. The van der Waals surface area contributed by atoms with E-state index < -0.39 is 18.1 Å². The molecule has 8 heteroatoms. The van der Waals surface area contributed by atoms with Gasteiger partial charge in [0.2, 0.25) is 0 Å². The molecule has 0 saturated heterocycles. The number of carbonyl (C=O) groups is 3. The number of alkyl carbamates (subject to hydrolysis) is 1. The summed E-state index contributed by atoms with van der Waals surface area (Å²) >= 11 is 0. The Morgan fingerprint density at radius 2 is 1.75 bits per heavy atom. The van der Waals surface area contributed by atoms with Gasteiger partial charge in [-0.25, -0.2) is 14.4 Å². The van der Waals surface area contributed by atoms with Crippen molar-refractivity contribution >= 4 is 23.8 Å². The summed E-state index contributed by atoms with van der Waals surface area (Å²) < 4.78 is 5.01. The summed E-state index contributed by atoms with van der Waals surface area (Å²) in [6.45, 7) is 6.61. The summed E-state index contributed by atoms with van der Waals surface area (Å²) in [6, 6.07) is 13.5. The maximum atomic E-state index is 11.9. The molecule has 0 unspecified atom stereocenters. The van der Waals surface area contributed by atoms with Crippen molar-refractivity contribution in [2.75, 3.05) is 18.5 Å². The molecule has 0 aromatic heterocycles. The molecule has 4 N–H and O–H groups in total. The summed E-state index contributed by atoms with van der Waals surface area (Å²) in [5.41, 5.74) is 3.27. The Bertz CT molecular complexity index is 912. The average molecular weight is 442 g/mol. The Balaban J connectivity index is 2.02. The second-order valence-corrected chi connectivity index (χ2v) is 7.89. The first-order chi connectivity index (χ1) is 15.3. The zero-order valence-corrected chi connectivity index (χ0v) is 18.7. The van der Waals surface area contributed by atoms with Gasteiger partial charge >= 0.3 is 18.1 Å². The van der Waals surface area contributed by atoms with Crippen molar-refractivity contribution in [2.24, 2.45) is 5.92 Å². The van der Waals surface area contributed by atoms with Crippen LogP contribution in [0.4, 0.5) is 15.3 Å². The molecule has 2 rings (SSSR count). The first kappa shape index (κ1) is 24.7. The molecule has 0 saturated carbocycles. The number of amides is 3. The topological polar surface area (TPSA) is 117 Å². The molecule has 0 aliphatic heterocycles. The first-order valence-electron chi connectivity index (χ1n) is 10.7. The molecule has 0 radical (unpaired) electrons. The molecule has 32 heavy (non-hydrogen) atoms. The molecule has 8 nitrogen and oxygen atoms in total. The Morgan fingerprint density at radius 3 is 2.38 bits per heavy atom. The number of anilines is 1. The molecule has 1 atom stereocenters. The number of benzene rings is 2. The van der Waals surface area contributed by atoms with Crippen LogP contribution >= 0.6 is 0 Å². The van der Waals surface area contributed by atoms with Crippen LogP contribution in [0.3, 0.4) is 0 Å². The van der Waals surface area contributed by atoms with E-state index in [4.69, 9.17) is 4.74 Å². The SMILES string of the molecule is CCCNC(=O)Nc1cccc(-c2ccc(C[C@H](NC(=O)OCC(C)C)C(=O)O)cc2)c1. The van der Waals surface area contributed by atoms with Crippen molar-refractivity contribution in [2.45, 2.75) is 39.7 Å². The van der Waals surface area contributed by atoms with Gasteiger partial charge in [0.1, 0.15) is 6.04 Å². The van der Waals surface area contributed by atoms with Gasteiger partial charge in [-0.2, -0.15) is 0 Å². The van der Waals surface area contributed by atoms with E-state index in [0.29, 0.717) is 12.2 Å². The zero-order valence-electron chi connectivity index (χ0n) is 18.7. The fourth-order valence-corrected chi connectivity index (χ4v) is 2.89. The molecule has 2 aromatic carbocycles. The summed E-state index contributed by atoms with van der Waals surface area (Å²) in [7, 11) is 0. The van der Waals surface area contributed by atoms with E-state index in [1.165, 1.54) is 0 Å². The van der Waals surface area contributed by atoms with Crippen LogP contribution in [0.5, 0.6) is 0 Å². The van der Waals surface area contributed by atoms with Crippen LogP contribution in [-0.2, 0) is 16.0 Å². The number of ether oxygens (including phenoxy) is 1. The Morgan fingerprint density at radius 1 is 1.03 bits per heavy atom. The van der Waals surface area contributed by atoms with E-state index in [9.17, 15) is 19.5 Å². The number of urea groups is 1. The van der Waals surface area contributed by atoms with Crippen LogP contribution in [0.25, 0.3) is 11.1 Å². The second kappa shape index (κ2) is 12.3. The highest BCUT2D eigenvalue weighted by molar-refractivity contribution is 5.90. The highest BCUT2D eigenvalue weighted by Crippen LogP contribution is 2.23. The first-order valence-corrected chi connectivity index (χ1v) is 10.7. The smallest absolute Gasteiger partial charge is 0.407 e. The minimum absolute atomic E-state index is 0.131. The maximum Gasteiger partial charge on any atom is 0.407 e. The molecular formula is C24H31N3O5. The van der Waals surface area contributed by atoms with Crippen LogP contribution < -0.4 is 16.0 Å². The molecule has 0 spiro atoms. The lowest BCUT2D eigenvalue weighted by molar-refractivity contribution is -0.139. The summed E-state index contributed by atoms with van der Waals surface area (Å²) in [5.74, 6) is -0.966. The molecule has 0 bridgehead atoms. The largest absolute Gasteiger partial charge is 0.480 e. The van der Waals surface area contributed by atoms with E-state index in [-0.39, 0.29) is 25.0 Å². The van der Waals surface area contributed by atoms with E-state index in [2.05, 4.69) is 16.0 Å². The number of hydrogen-bond acceptors (Lipinski definition) is 4. The fraction of sp³-hybridized carbons (Fsp3) is 0.375. The van der Waals surface area contributed by atoms with Gasteiger partial charge in [0.25, 0.3) is 0 Å². The van der Waals surface area contributed by atoms with Crippen LogP contribution in [0, 0.1) is 5.92 Å². The number of hydrogen-bond donors (Lipinski definition) is 4. The van der Waals surface area contributed by atoms with Gasteiger partial charge in [-0.15, -0.1) is 0 Å². The minimum atomic E-state index is -1.13. The predicted molar refractivity (Wildman–Crippen MR) is 124 cm³/mol. The second-order valence-electron chi connectivity index (χ2n) is 7.89. The lowest BCUT2D eigenvalue weighted by Gasteiger charge is -2.16. The lowest BCUT2D eigenvalue weighted by Crippen LogP contribution is -2.42. The zero-order chi connectivity index (χ0) is 23.5. The number of carboxylic acids is 1. The maximum absolute atomic E-state index is 11.9. The van der Waals surface area contributed by atoms with Crippen molar-refractivity contribution in [3.8, 4) is 11.1 Å². The predicted octanol–water partition coefficient (Wildman–Crippen LogP) is 4.26. The third-order valence-corrected chi connectivity index (χ3v) is 4.52. The van der Waals surface area contributed by atoms with Gasteiger partial charge in [-0.05, 0) is 41.2 Å². The van der Waals surface area contributed by atoms with E-state index in [1.54, 1.807) is 0 Å². The third kappa shape index (κ3) is 8.29. The quantitative estimate of drug-likeness (QED) is 0.439. The van der Waals surface area contributed by atoms with Crippen LogP contribution in [0.2, 0.25) is 0 Å². The van der Waals surface area contributed by atoms with E-state index in [0.717, 1.165) is 23.1 Å². The number of nitrogens with one attached hydrogen (secondary N) is 3. The molecule has 0 heterocycles. The highest BCUT2D eigenvalue weighted by Gasteiger charge is 2.21. The molecule has 0 fully saturated rings. The van der Waals surface area contributed by atoms with E-state index in [1.807, 2.05) is 69.3 Å². The summed E-state index contributed by atoms with van der Waals surface area (Å²) in [6.07, 6.45) is 0.248. The van der Waals surface area contributed by atoms with Gasteiger partial charge in [0.05, 0.1) is 6.61 Å². The Kier molecular flexibility index (Phi) is 9.53. The summed E-state index contributed by atoms with van der Waals surface area (Å²) in [4.78, 5) is 35.2. The standard InChI is InChI=1S/C24H31N3O5/c1-4-12-25-23(30)26-20-7-5-6-19(14-20)18-10-8-17(9-11-18)13-21(22(28)29)27-24(31)32-15-16(2)3/h5-11,14,16,21H,4,12-13,15H2,1-3H3,(H,27,31)(H,28,29)(H2,25,26,30)/t21-/m0/s1. The van der Waals surface area contributed by atoms with Gasteiger partial charge in [-0.1, -0.05) is 57.2 Å². The van der Waals surface area contributed by atoms with Crippen molar-refractivity contribution in [3.05, 3.63) is 54.1 Å². The molecule has 3 amide bonds. The Hall–Kier alpha value is -3.55. The number of rotatable bonds is 10. The van der Waals surface area contributed by atoms with Gasteiger partial charge in [0, 0.05) is 18.7 Å². The normalized spacial score (nSPS) is 11.5.